The lowest BCUT2D eigenvalue weighted by Gasteiger charge is -2.19. The predicted molar refractivity (Wildman–Crippen MR) is 119 cm³/mol. The second-order valence-corrected chi connectivity index (χ2v) is 8.59. The summed E-state index contributed by atoms with van der Waals surface area (Å²) in [5, 5.41) is 4.11. The number of hydrogen-bond donors (Lipinski definition) is 0. The first-order chi connectivity index (χ1) is 14.3. The minimum Gasteiger partial charge on any atom is -0.459 e. The van der Waals surface area contributed by atoms with Gasteiger partial charge in [-0.2, -0.15) is 0 Å². The van der Waals surface area contributed by atoms with Crippen molar-refractivity contribution >= 4 is 51.2 Å². The summed E-state index contributed by atoms with van der Waals surface area (Å²) in [6.07, 6.45) is 0.141. The smallest absolute Gasteiger partial charge is 0.306 e. The van der Waals surface area contributed by atoms with E-state index in [2.05, 4.69) is 4.98 Å². The summed E-state index contributed by atoms with van der Waals surface area (Å²) in [4.78, 5) is 42.8. The highest BCUT2D eigenvalue weighted by Gasteiger charge is 2.19. The van der Waals surface area contributed by atoms with Gasteiger partial charge < -0.3 is 4.74 Å². The minimum atomic E-state index is -0.452. The molecule has 2 aromatic heterocycles. The van der Waals surface area contributed by atoms with Gasteiger partial charge in [-0.1, -0.05) is 12.1 Å². The van der Waals surface area contributed by atoms with Gasteiger partial charge in [-0.15, -0.1) is 22.7 Å². The Balaban J connectivity index is 1.59. The molecule has 2 heterocycles. The molecule has 0 spiro atoms. The lowest BCUT2D eigenvalue weighted by atomic mass is 10.1. The van der Waals surface area contributed by atoms with E-state index in [1.165, 1.54) is 29.6 Å². The monoisotopic (exact) mass is 442 g/mol. The first-order valence-electron chi connectivity index (χ1n) is 9.40. The van der Waals surface area contributed by atoms with Crippen molar-refractivity contribution in [3.05, 3.63) is 62.8 Å². The van der Waals surface area contributed by atoms with Crippen LogP contribution in [0.1, 0.15) is 46.3 Å². The van der Waals surface area contributed by atoms with E-state index in [1.807, 2.05) is 37.4 Å². The van der Waals surface area contributed by atoms with Crippen molar-refractivity contribution in [3.63, 3.8) is 0 Å². The van der Waals surface area contributed by atoms with Gasteiger partial charge in [-0.05, 0) is 48.6 Å². The number of aryl methyl sites for hydroxylation is 2. The summed E-state index contributed by atoms with van der Waals surface area (Å²) in [5.41, 5.74) is 3.53. The van der Waals surface area contributed by atoms with E-state index in [9.17, 15) is 14.4 Å². The molecular formula is C22H22N2O4S2. The number of esters is 1. The molecule has 1 amide bonds. The maximum atomic E-state index is 12.2. The van der Waals surface area contributed by atoms with Gasteiger partial charge in [0.05, 0.1) is 22.7 Å². The number of hydrogen-bond acceptors (Lipinski definition) is 7. The number of anilines is 2. The summed E-state index contributed by atoms with van der Waals surface area (Å²) in [5.74, 6) is -0.668. The number of ketones is 1. The van der Waals surface area contributed by atoms with Crippen LogP contribution in [0.5, 0.6) is 0 Å². The Hall–Kier alpha value is -2.84. The van der Waals surface area contributed by atoms with Gasteiger partial charge >= 0.3 is 5.97 Å². The molecule has 0 unspecified atom stereocenters. The highest BCUT2D eigenvalue weighted by Crippen LogP contribution is 2.30. The minimum absolute atomic E-state index is 0.00119. The number of benzene rings is 1. The summed E-state index contributed by atoms with van der Waals surface area (Å²) in [6, 6.07) is 9.34. The highest BCUT2D eigenvalue weighted by atomic mass is 32.1. The number of thiophene rings is 1. The zero-order chi connectivity index (χ0) is 21.7. The van der Waals surface area contributed by atoms with Crippen LogP contribution >= 0.6 is 22.7 Å². The Morgan fingerprint density at radius 3 is 2.53 bits per heavy atom. The largest absolute Gasteiger partial charge is 0.459 e. The maximum Gasteiger partial charge on any atom is 0.306 e. The number of thiazole rings is 1. The summed E-state index contributed by atoms with van der Waals surface area (Å²) >= 11 is 2.67. The molecule has 0 radical (unpaired) electrons. The fraction of sp³-hybridized carbons (Fsp3) is 0.273. The van der Waals surface area contributed by atoms with Crippen LogP contribution < -0.4 is 4.90 Å². The fourth-order valence-electron chi connectivity index (χ4n) is 2.76. The van der Waals surface area contributed by atoms with Crippen molar-refractivity contribution in [3.8, 4) is 0 Å². The molecule has 0 aliphatic heterocycles. The summed E-state index contributed by atoms with van der Waals surface area (Å²) in [7, 11) is 0. The number of carbonyl (C=O) groups excluding carboxylic acids is 3. The lowest BCUT2D eigenvalue weighted by molar-refractivity contribution is -0.145. The Kier molecular flexibility index (Phi) is 7.12. The summed E-state index contributed by atoms with van der Waals surface area (Å²) < 4.78 is 5.24. The molecular weight excluding hydrogens is 420 g/mol. The van der Waals surface area contributed by atoms with Crippen molar-refractivity contribution in [2.24, 2.45) is 0 Å². The summed E-state index contributed by atoms with van der Waals surface area (Å²) in [6.45, 7) is 5.50. The van der Waals surface area contributed by atoms with E-state index >= 15 is 0 Å². The third kappa shape index (κ3) is 5.40. The van der Waals surface area contributed by atoms with Crippen LogP contribution in [0.3, 0.4) is 0 Å². The predicted octanol–water partition coefficient (Wildman–Crippen LogP) is 5.21. The second kappa shape index (κ2) is 9.77. The van der Waals surface area contributed by atoms with Crippen LogP contribution in [0.15, 0.2) is 41.1 Å². The first kappa shape index (κ1) is 21.9. The number of carbonyl (C=O) groups is 3. The average molecular weight is 443 g/mol. The van der Waals surface area contributed by atoms with Crippen LogP contribution in [-0.2, 0) is 20.9 Å². The first-order valence-corrected chi connectivity index (χ1v) is 11.2. The van der Waals surface area contributed by atoms with Crippen molar-refractivity contribution in [1.29, 1.82) is 0 Å². The molecule has 3 aromatic rings. The van der Waals surface area contributed by atoms with Crippen LogP contribution in [0, 0.1) is 13.8 Å². The van der Waals surface area contributed by atoms with Gasteiger partial charge in [0.2, 0.25) is 5.91 Å². The SMILES string of the molecule is CC(=O)N(c1ccc(C)c(C)c1)c1nc(COC(=O)CCC(=O)c2cccs2)cs1. The van der Waals surface area contributed by atoms with Crippen LogP contribution in [-0.4, -0.2) is 22.6 Å². The quantitative estimate of drug-likeness (QED) is 0.353. The van der Waals surface area contributed by atoms with E-state index in [0.29, 0.717) is 15.7 Å². The zero-order valence-corrected chi connectivity index (χ0v) is 18.6. The number of rotatable bonds is 8. The van der Waals surface area contributed by atoms with E-state index < -0.39 is 5.97 Å². The second-order valence-electron chi connectivity index (χ2n) is 6.81. The third-order valence-electron chi connectivity index (χ3n) is 4.53. The number of amides is 1. The third-order valence-corrected chi connectivity index (χ3v) is 6.31. The molecule has 0 saturated heterocycles. The number of ether oxygens (including phenoxy) is 1. The lowest BCUT2D eigenvalue weighted by Crippen LogP contribution is -2.22. The van der Waals surface area contributed by atoms with Gasteiger partial charge in [-0.25, -0.2) is 4.98 Å². The fourth-order valence-corrected chi connectivity index (χ4v) is 4.33. The Labute approximate surface area is 183 Å². The van der Waals surface area contributed by atoms with Crippen molar-refractivity contribution in [1.82, 2.24) is 4.98 Å². The van der Waals surface area contributed by atoms with E-state index in [-0.39, 0.29) is 31.1 Å². The number of aromatic nitrogens is 1. The Morgan fingerprint density at radius 2 is 1.87 bits per heavy atom. The Morgan fingerprint density at radius 1 is 1.07 bits per heavy atom. The topological polar surface area (TPSA) is 76.6 Å². The van der Waals surface area contributed by atoms with Crippen molar-refractivity contribution in [2.45, 2.75) is 40.2 Å². The molecule has 0 saturated carbocycles. The molecule has 0 N–H and O–H groups in total. The molecule has 0 fully saturated rings. The highest BCUT2D eigenvalue weighted by molar-refractivity contribution is 7.14. The van der Waals surface area contributed by atoms with Crippen LogP contribution in [0.4, 0.5) is 10.8 Å². The molecule has 0 aliphatic rings. The number of nitrogens with zero attached hydrogens (tertiary/aromatic N) is 2. The molecule has 8 heteroatoms. The Bertz CT molecular complexity index is 1060. The molecule has 0 aliphatic carbocycles. The van der Waals surface area contributed by atoms with Gasteiger partial charge in [0, 0.05) is 18.7 Å². The number of Topliss-reactive ketones (excluding diaryl/α,β-unsaturated/α-hetero) is 1. The van der Waals surface area contributed by atoms with Gasteiger partial charge in [-0.3, -0.25) is 19.3 Å². The van der Waals surface area contributed by atoms with Gasteiger partial charge in [0.15, 0.2) is 10.9 Å². The van der Waals surface area contributed by atoms with Crippen LogP contribution in [0.2, 0.25) is 0 Å². The molecule has 0 atom stereocenters. The molecule has 0 bridgehead atoms. The molecule has 30 heavy (non-hydrogen) atoms. The van der Waals surface area contributed by atoms with E-state index in [1.54, 1.807) is 22.4 Å². The standard InChI is InChI=1S/C22H22N2O4S2/c1-14-6-7-18(11-15(14)2)24(16(3)25)22-23-17(13-30-22)12-28-21(27)9-8-19(26)20-5-4-10-29-20/h4-7,10-11,13H,8-9,12H2,1-3H3. The molecule has 6 nitrogen and oxygen atoms in total. The normalized spacial score (nSPS) is 10.6. The molecule has 3 rings (SSSR count). The van der Waals surface area contributed by atoms with Crippen molar-refractivity contribution in [2.75, 3.05) is 4.90 Å². The molecule has 1 aromatic carbocycles. The maximum absolute atomic E-state index is 12.2. The van der Waals surface area contributed by atoms with Crippen molar-refractivity contribution < 1.29 is 19.1 Å². The van der Waals surface area contributed by atoms with E-state index in [0.717, 1.165) is 16.8 Å². The van der Waals surface area contributed by atoms with Gasteiger partial charge in [0.1, 0.15) is 6.61 Å². The van der Waals surface area contributed by atoms with E-state index in [4.69, 9.17) is 4.74 Å². The van der Waals surface area contributed by atoms with Crippen LogP contribution in [0.25, 0.3) is 0 Å². The molecule has 156 valence electrons. The zero-order valence-electron chi connectivity index (χ0n) is 17.0. The van der Waals surface area contributed by atoms with Gasteiger partial charge in [0.25, 0.3) is 0 Å². The average Bonchev–Trinajstić information content (AvgIpc) is 3.39.